The van der Waals surface area contributed by atoms with Gasteiger partial charge >= 0.3 is 0 Å². The van der Waals surface area contributed by atoms with E-state index >= 15 is 0 Å². The summed E-state index contributed by atoms with van der Waals surface area (Å²) in [4.78, 5) is 4.92. The molecule has 3 aromatic heterocycles. The van der Waals surface area contributed by atoms with Crippen LogP contribution in [0, 0.1) is 0 Å². The highest BCUT2D eigenvalue weighted by Gasteiger charge is 2.25. The number of benzene rings is 4. The van der Waals surface area contributed by atoms with Crippen LogP contribution in [0.5, 0.6) is 11.5 Å². The number of pyridine rings is 1. The molecule has 0 fully saturated rings. The lowest BCUT2D eigenvalue weighted by atomic mass is 9.82. The van der Waals surface area contributed by atoms with Crippen molar-refractivity contribution in [1.82, 2.24) is 19.3 Å². The molecule has 7 aromatic rings. The van der Waals surface area contributed by atoms with Crippen LogP contribution in [0.2, 0.25) is 0 Å². The summed E-state index contributed by atoms with van der Waals surface area (Å²) in [6, 6.07) is 36.7. The van der Waals surface area contributed by atoms with E-state index in [1.54, 1.807) is 0 Å². The molecule has 0 spiro atoms. The fourth-order valence-electron chi connectivity index (χ4n) is 7.24. The molecule has 266 valence electrons. The van der Waals surface area contributed by atoms with Gasteiger partial charge in [-0.25, -0.2) is 9.67 Å². The zero-order valence-electron chi connectivity index (χ0n) is 32.5. The molecule has 3 heterocycles. The van der Waals surface area contributed by atoms with Crippen molar-refractivity contribution >= 4 is 21.8 Å². The molecule has 52 heavy (non-hydrogen) atoms. The monoisotopic (exact) mass is 688 g/mol. The smallest absolute Gasteiger partial charge is 0.137 e. The van der Waals surface area contributed by atoms with Gasteiger partial charge in [-0.2, -0.15) is 5.10 Å². The molecule has 0 bridgehead atoms. The molecule has 0 aliphatic heterocycles. The third-order valence-corrected chi connectivity index (χ3v) is 10.6. The standard InChI is InChI=1S/C47H52N4O/c1-11-47(9,10)34-20-23-40-39(26-34)38-22-21-37(29-41(38)50(40)42-27-33(24-25-48-42)46(6,7)8)52-36-19-15-18-35(28-36)51-45(31(4)5)43(44(49-51)30(2)3)32-16-13-12-14-17-32/h12-31H,11H2,1-10H3. The Kier molecular flexibility index (Phi) is 9.10. The quantitative estimate of drug-likeness (QED) is 0.152. The predicted octanol–water partition coefficient (Wildman–Crippen LogP) is 13.1. The molecule has 0 saturated carbocycles. The van der Waals surface area contributed by atoms with Crippen molar-refractivity contribution in [2.75, 3.05) is 0 Å². The lowest BCUT2D eigenvalue weighted by Gasteiger charge is -2.23. The van der Waals surface area contributed by atoms with Crippen molar-refractivity contribution in [1.29, 1.82) is 0 Å². The van der Waals surface area contributed by atoms with Crippen molar-refractivity contribution in [3.8, 4) is 34.1 Å². The van der Waals surface area contributed by atoms with Crippen LogP contribution in [-0.4, -0.2) is 19.3 Å². The molecule has 0 aliphatic carbocycles. The van der Waals surface area contributed by atoms with E-state index in [2.05, 4.69) is 176 Å². The molecule has 7 rings (SSSR count). The van der Waals surface area contributed by atoms with Gasteiger partial charge in [-0.05, 0) is 94.3 Å². The van der Waals surface area contributed by atoms with Gasteiger partial charge in [0.15, 0.2) is 0 Å². The summed E-state index contributed by atoms with van der Waals surface area (Å²) in [5, 5.41) is 7.65. The van der Waals surface area contributed by atoms with E-state index in [4.69, 9.17) is 14.8 Å². The zero-order valence-corrected chi connectivity index (χ0v) is 32.5. The van der Waals surface area contributed by atoms with E-state index in [1.165, 1.54) is 38.7 Å². The first kappa shape index (κ1) is 35.3. The molecular formula is C47H52N4O. The van der Waals surface area contributed by atoms with Gasteiger partial charge < -0.3 is 4.74 Å². The second-order valence-corrected chi connectivity index (χ2v) is 16.5. The Morgan fingerprint density at radius 2 is 1.42 bits per heavy atom. The Hall–Kier alpha value is -5.16. The second kappa shape index (κ2) is 13.4. The summed E-state index contributed by atoms with van der Waals surface area (Å²) in [5.74, 6) is 2.97. The van der Waals surface area contributed by atoms with Crippen LogP contribution >= 0.6 is 0 Å². The first-order valence-electron chi connectivity index (χ1n) is 18.8. The average molecular weight is 689 g/mol. The maximum atomic E-state index is 6.70. The number of hydrogen-bond donors (Lipinski definition) is 0. The zero-order chi connectivity index (χ0) is 36.9. The van der Waals surface area contributed by atoms with Crippen LogP contribution in [0.3, 0.4) is 0 Å². The Morgan fingerprint density at radius 3 is 2.12 bits per heavy atom. The average Bonchev–Trinajstić information content (AvgIpc) is 3.69. The van der Waals surface area contributed by atoms with Crippen LogP contribution in [0.25, 0.3) is 44.4 Å². The van der Waals surface area contributed by atoms with E-state index in [-0.39, 0.29) is 22.7 Å². The minimum Gasteiger partial charge on any atom is -0.457 e. The molecule has 0 amide bonds. The minimum atomic E-state index is -0.00411. The van der Waals surface area contributed by atoms with Crippen molar-refractivity contribution in [3.05, 3.63) is 132 Å². The predicted molar refractivity (Wildman–Crippen MR) is 218 cm³/mol. The van der Waals surface area contributed by atoms with E-state index in [1.807, 2.05) is 12.3 Å². The molecule has 0 N–H and O–H groups in total. The largest absolute Gasteiger partial charge is 0.457 e. The highest BCUT2D eigenvalue weighted by molar-refractivity contribution is 6.09. The number of rotatable bonds is 9. The van der Waals surface area contributed by atoms with Gasteiger partial charge in [-0.3, -0.25) is 4.57 Å². The van der Waals surface area contributed by atoms with E-state index in [0.717, 1.165) is 46.2 Å². The molecule has 4 aromatic carbocycles. The fraction of sp³-hybridized carbons (Fsp3) is 0.319. The molecule has 0 radical (unpaired) electrons. The van der Waals surface area contributed by atoms with Crippen LogP contribution in [0.15, 0.2) is 109 Å². The summed E-state index contributed by atoms with van der Waals surface area (Å²) < 4.78 is 11.1. The van der Waals surface area contributed by atoms with Gasteiger partial charge in [0.05, 0.1) is 28.1 Å². The summed E-state index contributed by atoms with van der Waals surface area (Å²) >= 11 is 0. The van der Waals surface area contributed by atoms with Gasteiger partial charge in [0.2, 0.25) is 0 Å². The summed E-state index contributed by atoms with van der Waals surface area (Å²) in [5.41, 5.74) is 10.6. The number of nitrogens with zero attached hydrogens (tertiary/aromatic N) is 4. The highest BCUT2D eigenvalue weighted by atomic mass is 16.5. The van der Waals surface area contributed by atoms with Gasteiger partial charge in [-0.15, -0.1) is 0 Å². The summed E-state index contributed by atoms with van der Waals surface area (Å²) in [6.45, 7) is 22.6. The lowest BCUT2D eigenvalue weighted by Crippen LogP contribution is -2.15. The first-order chi connectivity index (χ1) is 24.8. The first-order valence-corrected chi connectivity index (χ1v) is 18.8. The van der Waals surface area contributed by atoms with Crippen molar-refractivity contribution in [3.63, 3.8) is 0 Å². The maximum Gasteiger partial charge on any atom is 0.137 e. The SMILES string of the molecule is CCC(C)(C)c1ccc2c(c1)c1ccc(Oc3cccc(-n4nc(C(C)C)c(-c5ccccc5)c4C(C)C)c3)cc1n2-c1cc(C(C)(C)C)ccn1. The van der Waals surface area contributed by atoms with E-state index in [0.29, 0.717) is 0 Å². The Morgan fingerprint density at radius 1 is 0.673 bits per heavy atom. The van der Waals surface area contributed by atoms with Crippen molar-refractivity contribution in [2.45, 2.75) is 98.3 Å². The van der Waals surface area contributed by atoms with Crippen molar-refractivity contribution < 1.29 is 4.74 Å². The third-order valence-electron chi connectivity index (χ3n) is 10.6. The fourth-order valence-corrected chi connectivity index (χ4v) is 7.24. The van der Waals surface area contributed by atoms with Crippen molar-refractivity contribution in [2.24, 2.45) is 0 Å². The van der Waals surface area contributed by atoms with E-state index < -0.39 is 0 Å². The van der Waals surface area contributed by atoms with Gasteiger partial charge in [0.25, 0.3) is 0 Å². The second-order valence-electron chi connectivity index (χ2n) is 16.5. The van der Waals surface area contributed by atoms with Crippen LogP contribution < -0.4 is 4.74 Å². The van der Waals surface area contributed by atoms with Crippen LogP contribution in [0.1, 0.15) is 110 Å². The third kappa shape index (κ3) is 6.42. The molecule has 5 nitrogen and oxygen atoms in total. The molecule has 0 unspecified atom stereocenters. The maximum absolute atomic E-state index is 6.70. The molecule has 5 heteroatoms. The molecule has 0 atom stereocenters. The highest BCUT2D eigenvalue weighted by Crippen LogP contribution is 2.40. The van der Waals surface area contributed by atoms with E-state index in [9.17, 15) is 0 Å². The minimum absolute atomic E-state index is 0.00411. The van der Waals surface area contributed by atoms with Crippen LogP contribution in [-0.2, 0) is 10.8 Å². The van der Waals surface area contributed by atoms with Gasteiger partial charge in [0.1, 0.15) is 17.3 Å². The Balaban J connectivity index is 1.35. The van der Waals surface area contributed by atoms with Crippen LogP contribution in [0.4, 0.5) is 0 Å². The molecule has 0 saturated heterocycles. The van der Waals surface area contributed by atoms with Gasteiger partial charge in [0, 0.05) is 34.7 Å². The lowest BCUT2D eigenvalue weighted by molar-refractivity contribution is 0.482. The Bertz CT molecular complexity index is 2380. The Labute approximate surface area is 309 Å². The van der Waals surface area contributed by atoms with Gasteiger partial charge in [-0.1, -0.05) is 112 Å². The molecular weight excluding hydrogens is 637 g/mol. The number of ether oxygens (including phenoxy) is 1. The number of aromatic nitrogens is 4. The number of hydrogen-bond acceptors (Lipinski definition) is 3. The number of fused-ring (bicyclic) bond motifs is 3. The summed E-state index contributed by atoms with van der Waals surface area (Å²) in [6.07, 6.45) is 3.00. The molecule has 0 aliphatic rings. The topological polar surface area (TPSA) is 44.9 Å². The summed E-state index contributed by atoms with van der Waals surface area (Å²) in [7, 11) is 0. The normalized spacial score (nSPS) is 12.5.